The normalized spacial score (nSPS) is 15.5. The van der Waals surface area contributed by atoms with E-state index in [-0.39, 0.29) is 5.91 Å². The van der Waals surface area contributed by atoms with Crippen LogP contribution in [0.1, 0.15) is 27.2 Å². The van der Waals surface area contributed by atoms with Crippen LogP contribution in [0.4, 0.5) is 0 Å². The summed E-state index contributed by atoms with van der Waals surface area (Å²) in [4.78, 5) is 11.2. The molecule has 0 aliphatic heterocycles. The third-order valence-electron chi connectivity index (χ3n) is 2.25. The molecule has 0 heterocycles. The number of rotatable bonds is 7. The number of nitrogens with two attached hydrogens (primary N) is 1. The molecule has 0 rings (SSSR count). The van der Waals surface area contributed by atoms with Crippen molar-refractivity contribution >= 4 is 5.91 Å². The molecule has 0 fully saturated rings. The molecule has 0 aliphatic rings. The first-order valence-corrected chi connectivity index (χ1v) is 4.96. The molecule has 1 atom stereocenters. The van der Waals surface area contributed by atoms with E-state index < -0.39 is 5.54 Å². The first kappa shape index (κ1) is 13.4. The van der Waals surface area contributed by atoms with E-state index in [9.17, 15) is 4.79 Å². The number of nitrogens with one attached hydrogen (secondary N) is 1. The van der Waals surface area contributed by atoms with Crippen LogP contribution in [0.5, 0.6) is 0 Å². The highest BCUT2D eigenvalue weighted by atomic mass is 16.5. The lowest BCUT2D eigenvalue weighted by molar-refractivity contribution is -0.124. The summed E-state index contributed by atoms with van der Waals surface area (Å²) in [6.45, 7) is 7.31. The number of ether oxygens (including phenoxy) is 1. The zero-order chi connectivity index (χ0) is 11.2. The van der Waals surface area contributed by atoms with E-state index in [1.807, 2.05) is 6.92 Å². The lowest BCUT2D eigenvalue weighted by Gasteiger charge is -2.28. The van der Waals surface area contributed by atoms with Gasteiger partial charge in [0.25, 0.3) is 0 Å². The maximum atomic E-state index is 11.2. The predicted octanol–water partition coefficient (Wildman–Crippen LogP) is 0.513. The number of primary amides is 1. The molecule has 84 valence electrons. The monoisotopic (exact) mass is 202 g/mol. The molecule has 0 aromatic heterocycles. The van der Waals surface area contributed by atoms with Gasteiger partial charge in [0.2, 0.25) is 5.91 Å². The lowest BCUT2D eigenvalue weighted by atomic mass is 9.96. The van der Waals surface area contributed by atoms with Gasteiger partial charge in [-0.2, -0.15) is 0 Å². The highest BCUT2D eigenvalue weighted by Gasteiger charge is 2.29. The second kappa shape index (κ2) is 5.98. The van der Waals surface area contributed by atoms with Crippen molar-refractivity contribution < 1.29 is 9.53 Å². The maximum Gasteiger partial charge on any atom is 0.237 e. The lowest BCUT2D eigenvalue weighted by Crippen LogP contribution is -2.54. The van der Waals surface area contributed by atoms with Crippen molar-refractivity contribution in [1.29, 1.82) is 0 Å². The molecule has 1 amide bonds. The largest absolute Gasteiger partial charge is 0.385 e. The summed E-state index contributed by atoms with van der Waals surface area (Å²) in [6, 6.07) is 0. The summed E-state index contributed by atoms with van der Waals surface area (Å²) in [5.74, 6) is 0.173. The third-order valence-corrected chi connectivity index (χ3v) is 2.25. The number of methoxy groups -OCH3 is 1. The Morgan fingerprint density at radius 3 is 2.50 bits per heavy atom. The van der Waals surface area contributed by atoms with E-state index in [2.05, 4.69) is 19.2 Å². The molecular formula is C10H22N2O2. The van der Waals surface area contributed by atoms with Crippen LogP contribution in [0.15, 0.2) is 0 Å². The number of amides is 1. The van der Waals surface area contributed by atoms with Gasteiger partial charge in [-0.1, -0.05) is 13.8 Å². The number of carbonyl (C=O) groups is 1. The van der Waals surface area contributed by atoms with E-state index in [1.54, 1.807) is 7.11 Å². The van der Waals surface area contributed by atoms with Gasteiger partial charge in [-0.15, -0.1) is 0 Å². The van der Waals surface area contributed by atoms with Gasteiger partial charge in [0.15, 0.2) is 0 Å². The molecule has 0 aromatic carbocycles. The average molecular weight is 202 g/mol. The van der Waals surface area contributed by atoms with E-state index in [0.717, 1.165) is 6.54 Å². The van der Waals surface area contributed by atoms with Gasteiger partial charge in [-0.25, -0.2) is 0 Å². The molecule has 0 aromatic rings. The van der Waals surface area contributed by atoms with E-state index in [1.165, 1.54) is 0 Å². The standard InChI is InChI=1S/C10H22N2O2/c1-8(2)7-12-10(3,9(11)13)5-6-14-4/h8,12H,5-7H2,1-4H3,(H2,11,13). The summed E-state index contributed by atoms with van der Waals surface area (Å²) in [5, 5.41) is 3.18. The summed E-state index contributed by atoms with van der Waals surface area (Å²) < 4.78 is 4.95. The molecule has 4 heteroatoms. The summed E-state index contributed by atoms with van der Waals surface area (Å²) in [5.41, 5.74) is 4.69. The van der Waals surface area contributed by atoms with Gasteiger partial charge in [-0.3, -0.25) is 4.79 Å². The summed E-state index contributed by atoms with van der Waals surface area (Å²) >= 11 is 0. The van der Waals surface area contributed by atoms with Crippen molar-refractivity contribution in [2.24, 2.45) is 11.7 Å². The van der Waals surface area contributed by atoms with Crippen molar-refractivity contribution in [2.45, 2.75) is 32.7 Å². The minimum absolute atomic E-state index is 0.324. The fourth-order valence-electron chi connectivity index (χ4n) is 1.03. The van der Waals surface area contributed by atoms with Crippen molar-refractivity contribution in [3.05, 3.63) is 0 Å². The van der Waals surface area contributed by atoms with Crippen molar-refractivity contribution in [1.82, 2.24) is 5.32 Å². The highest BCUT2D eigenvalue weighted by Crippen LogP contribution is 2.09. The fourth-order valence-corrected chi connectivity index (χ4v) is 1.03. The average Bonchev–Trinajstić information content (AvgIpc) is 2.11. The molecule has 0 bridgehead atoms. The van der Waals surface area contributed by atoms with Gasteiger partial charge in [-0.05, 0) is 25.8 Å². The Kier molecular flexibility index (Phi) is 5.72. The molecule has 14 heavy (non-hydrogen) atoms. The summed E-state index contributed by atoms with van der Waals surface area (Å²) in [6.07, 6.45) is 0.603. The van der Waals surface area contributed by atoms with Crippen LogP contribution >= 0.6 is 0 Å². The molecule has 0 aliphatic carbocycles. The Bertz CT molecular complexity index is 183. The smallest absolute Gasteiger partial charge is 0.237 e. The van der Waals surface area contributed by atoms with Crippen LogP contribution in [-0.4, -0.2) is 31.7 Å². The minimum Gasteiger partial charge on any atom is -0.385 e. The maximum absolute atomic E-state index is 11.2. The second-order valence-electron chi connectivity index (χ2n) is 4.21. The molecule has 1 unspecified atom stereocenters. The van der Waals surface area contributed by atoms with E-state index in [4.69, 9.17) is 10.5 Å². The SMILES string of the molecule is COCCC(C)(NCC(C)C)C(N)=O. The quantitative estimate of drug-likeness (QED) is 0.632. The van der Waals surface area contributed by atoms with E-state index in [0.29, 0.717) is 18.9 Å². The van der Waals surface area contributed by atoms with Crippen LogP contribution < -0.4 is 11.1 Å². The van der Waals surface area contributed by atoms with Gasteiger partial charge in [0, 0.05) is 13.7 Å². The number of carbonyl (C=O) groups excluding carboxylic acids is 1. The van der Waals surface area contributed by atoms with Crippen LogP contribution in [-0.2, 0) is 9.53 Å². The van der Waals surface area contributed by atoms with Crippen LogP contribution in [0.2, 0.25) is 0 Å². The van der Waals surface area contributed by atoms with Crippen LogP contribution in [0.25, 0.3) is 0 Å². The Morgan fingerprint density at radius 1 is 1.57 bits per heavy atom. The first-order chi connectivity index (χ1) is 6.42. The Balaban J connectivity index is 4.17. The van der Waals surface area contributed by atoms with Crippen LogP contribution in [0, 0.1) is 5.92 Å². The Labute approximate surface area is 86.2 Å². The van der Waals surface area contributed by atoms with Gasteiger partial charge in [0.1, 0.15) is 0 Å². The first-order valence-electron chi connectivity index (χ1n) is 4.96. The molecule has 0 spiro atoms. The Hall–Kier alpha value is -0.610. The highest BCUT2D eigenvalue weighted by molar-refractivity contribution is 5.84. The number of hydrogen-bond acceptors (Lipinski definition) is 3. The van der Waals surface area contributed by atoms with Gasteiger partial charge in [0.05, 0.1) is 5.54 Å². The summed E-state index contributed by atoms with van der Waals surface area (Å²) in [7, 11) is 1.61. The molecule has 0 saturated heterocycles. The van der Waals surface area contributed by atoms with Gasteiger partial charge < -0.3 is 15.8 Å². The molecular weight excluding hydrogens is 180 g/mol. The van der Waals surface area contributed by atoms with Crippen molar-refractivity contribution in [3.63, 3.8) is 0 Å². The molecule has 3 N–H and O–H groups in total. The number of hydrogen-bond donors (Lipinski definition) is 2. The zero-order valence-electron chi connectivity index (χ0n) is 9.59. The van der Waals surface area contributed by atoms with E-state index >= 15 is 0 Å². The minimum atomic E-state index is -0.653. The molecule has 0 radical (unpaired) electrons. The van der Waals surface area contributed by atoms with Crippen LogP contribution in [0.3, 0.4) is 0 Å². The Morgan fingerprint density at radius 2 is 2.14 bits per heavy atom. The van der Waals surface area contributed by atoms with Crippen molar-refractivity contribution in [3.8, 4) is 0 Å². The topological polar surface area (TPSA) is 64.3 Å². The van der Waals surface area contributed by atoms with Gasteiger partial charge >= 0.3 is 0 Å². The zero-order valence-corrected chi connectivity index (χ0v) is 9.59. The molecule has 0 saturated carbocycles. The van der Waals surface area contributed by atoms with Crippen molar-refractivity contribution in [2.75, 3.05) is 20.3 Å². The molecule has 4 nitrogen and oxygen atoms in total. The third kappa shape index (κ3) is 4.58. The fraction of sp³-hybridized carbons (Fsp3) is 0.900. The second-order valence-corrected chi connectivity index (χ2v) is 4.21. The predicted molar refractivity (Wildman–Crippen MR) is 56.9 cm³/mol.